The van der Waals surface area contributed by atoms with Crippen molar-refractivity contribution in [3.63, 3.8) is 0 Å². The number of rotatable bonds is 4. The minimum atomic E-state index is 0.368. The molecule has 0 atom stereocenters. The zero-order chi connectivity index (χ0) is 12.0. The standard InChI is InChI=1S/C12H26N4/c1-10(2)15-12(13)14-7-4-11-5-8-16(3)9-6-11/h10-11H,4-9H2,1-3H3,(H3,13,14,15). The second-order valence-electron chi connectivity index (χ2n) is 5.10. The number of guanidine groups is 1. The summed E-state index contributed by atoms with van der Waals surface area (Å²) in [5.41, 5.74) is 5.74. The Morgan fingerprint density at radius 1 is 1.44 bits per heavy atom. The van der Waals surface area contributed by atoms with Crippen molar-refractivity contribution < 1.29 is 0 Å². The molecule has 1 fully saturated rings. The predicted molar refractivity (Wildman–Crippen MR) is 69.6 cm³/mol. The van der Waals surface area contributed by atoms with Crippen LogP contribution in [0.5, 0.6) is 0 Å². The largest absolute Gasteiger partial charge is 0.370 e. The van der Waals surface area contributed by atoms with Crippen molar-refractivity contribution in [3.05, 3.63) is 0 Å². The Morgan fingerprint density at radius 3 is 2.62 bits per heavy atom. The lowest BCUT2D eigenvalue weighted by Crippen LogP contribution is -2.37. The molecule has 0 amide bonds. The van der Waals surface area contributed by atoms with Gasteiger partial charge in [-0.2, -0.15) is 0 Å². The van der Waals surface area contributed by atoms with Gasteiger partial charge in [-0.1, -0.05) is 0 Å². The van der Waals surface area contributed by atoms with E-state index in [1.807, 2.05) is 0 Å². The van der Waals surface area contributed by atoms with Crippen LogP contribution in [0.2, 0.25) is 0 Å². The van der Waals surface area contributed by atoms with E-state index in [0.717, 1.165) is 12.5 Å². The normalized spacial score (nSPS) is 20.4. The Hall–Kier alpha value is -0.770. The fourth-order valence-corrected chi connectivity index (χ4v) is 2.06. The van der Waals surface area contributed by atoms with Gasteiger partial charge < -0.3 is 16.0 Å². The molecule has 1 saturated heterocycles. The monoisotopic (exact) mass is 226 g/mol. The number of likely N-dealkylation sites (tertiary alicyclic amines) is 1. The smallest absolute Gasteiger partial charge is 0.188 e. The number of aliphatic imine (C=N–C) groups is 1. The van der Waals surface area contributed by atoms with E-state index < -0.39 is 0 Å². The van der Waals surface area contributed by atoms with Crippen molar-refractivity contribution in [1.82, 2.24) is 10.2 Å². The zero-order valence-corrected chi connectivity index (χ0v) is 10.9. The third-order valence-electron chi connectivity index (χ3n) is 3.09. The van der Waals surface area contributed by atoms with E-state index in [4.69, 9.17) is 5.73 Å². The highest BCUT2D eigenvalue weighted by atomic mass is 15.1. The number of piperidine rings is 1. The van der Waals surface area contributed by atoms with Crippen molar-refractivity contribution in [3.8, 4) is 0 Å². The molecule has 1 aliphatic heterocycles. The molecule has 16 heavy (non-hydrogen) atoms. The van der Waals surface area contributed by atoms with Gasteiger partial charge in [-0.05, 0) is 59.2 Å². The van der Waals surface area contributed by atoms with Gasteiger partial charge in [0.05, 0.1) is 0 Å². The van der Waals surface area contributed by atoms with Gasteiger partial charge in [0.2, 0.25) is 0 Å². The van der Waals surface area contributed by atoms with Gasteiger partial charge in [0.1, 0.15) is 0 Å². The first kappa shape index (κ1) is 13.3. The van der Waals surface area contributed by atoms with Crippen LogP contribution in [0.25, 0.3) is 0 Å². The quantitative estimate of drug-likeness (QED) is 0.556. The molecule has 1 rings (SSSR count). The molecule has 0 spiro atoms. The van der Waals surface area contributed by atoms with E-state index in [1.54, 1.807) is 0 Å². The fourth-order valence-electron chi connectivity index (χ4n) is 2.06. The highest BCUT2D eigenvalue weighted by Gasteiger charge is 2.15. The Labute approximate surface area is 99.3 Å². The topological polar surface area (TPSA) is 53.6 Å². The maximum absolute atomic E-state index is 5.74. The minimum absolute atomic E-state index is 0.368. The van der Waals surface area contributed by atoms with Crippen LogP contribution in [-0.2, 0) is 0 Å². The SMILES string of the molecule is CC(C)NC(N)=NCCC1CCN(C)CC1. The molecule has 0 aromatic rings. The number of nitrogens with one attached hydrogen (secondary N) is 1. The van der Waals surface area contributed by atoms with E-state index >= 15 is 0 Å². The van der Waals surface area contributed by atoms with E-state index in [0.29, 0.717) is 12.0 Å². The zero-order valence-electron chi connectivity index (χ0n) is 10.9. The summed E-state index contributed by atoms with van der Waals surface area (Å²) < 4.78 is 0. The second-order valence-corrected chi connectivity index (χ2v) is 5.10. The fraction of sp³-hybridized carbons (Fsp3) is 0.917. The van der Waals surface area contributed by atoms with Crippen molar-refractivity contribution in [1.29, 1.82) is 0 Å². The molecule has 4 heteroatoms. The van der Waals surface area contributed by atoms with Gasteiger partial charge in [-0.25, -0.2) is 0 Å². The molecular formula is C12H26N4. The van der Waals surface area contributed by atoms with Gasteiger partial charge in [-0.3, -0.25) is 4.99 Å². The molecule has 0 aromatic heterocycles. The van der Waals surface area contributed by atoms with E-state index in [9.17, 15) is 0 Å². The molecule has 0 bridgehead atoms. The third kappa shape index (κ3) is 5.35. The molecular weight excluding hydrogens is 200 g/mol. The first-order valence-corrected chi connectivity index (χ1v) is 6.33. The summed E-state index contributed by atoms with van der Waals surface area (Å²) >= 11 is 0. The maximum Gasteiger partial charge on any atom is 0.188 e. The number of nitrogens with two attached hydrogens (primary N) is 1. The van der Waals surface area contributed by atoms with Gasteiger partial charge in [-0.15, -0.1) is 0 Å². The Morgan fingerprint density at radius 2 is 2.06 bits per heavy atom. The average molecular weight is 226 g/mol. The van der Waals surface area contributed by atoms with E-state index in [-0.39, 0.29) is 0 Å². The number of nitrogens with zero attached hydrogens (tertiary/aromatic N) is 2. The summed E-state index contributed by atoms with van der Waals surface area (Å²) in [5, 5.41) is 3.11. The van der Waals surface area contributed by atoms with Crippen molar-refractivity contribution in [2.24, 2.45) is 16.6 Å². The lowest BCUT2D eigenvalue weighted by atomic mass is 9.94. The van der Waals surface area contributed by atoms with Gasteiger partial charge in [0.15, 0.2) is 5.96 Å². The summed E-state index contributed by atoms with van der Waals surface area (Å²) in [5.74, 6) is 1.43. The van der Waals surface area contributed by atoms with Gasteiger partial charge >= 0.3 is 0 Å². The van der Waals surface area contributed by atoms with Crippen molar-refractivity contribution in [2.45, 2.75) is 39.2 Å². The molecule has 4 nitrogen and oxygen atoms in total. The molecule has 1 heterocycles. The molecule has 3 N–H and O–H groups in total. The van der Waals surface area contributed by atoms with Crippen molar-refractivity contribution >= 4 is 5.96 Å². The van der Waals surface area contributed by atoms with Crippen LogP contribution >= 0.6 is 0 Å². The first-order chi connectivity index (χ1) is 7.58. The molecule has 0 saturated carbocycles. The van der Waals surface area contributed by atoms with Gasteiger partial charge in [0.25, 0.3) is 0 Å². The highest BCUT2D eigenvalue weighted by molar-refractivity contribution is 5.77. The Kier molecular flexibility index (Phi) is 5.60. The highest BCUT2D eigenvalue weighted by Crippen LogP contribution is 2.19. The molecule has 0 unspecified atom stereocenters. The van der Waals surface area contributed by atoms with Crippen LogP contribution in [0, 0.1) is 5.92 Å². The van der Waals surface area contributed by atoms with Crippen LogP contribution in [0.4, 0.5) is 0 Å². The summed E-state index contributed by atoms with van der Waals surface area (Å²) in [7, 11) is 2.19. The second kappa shape index (κ2) is 6.74. The molecule has 0 aliphatic carbocycles. The van der Waals surface area contributed by atoms with E-state index in [1.165, 1.54) is 32.4 Å². The van der Waals surface area contributed by atoms with E-state index in [2.05, 4.69) is 36.1 Å². The Bertz CT molecular complexity index is 217. The van der Waals surface area contributed by atoms with Crippen LogP contribution in [0.15, 0.2) is 4.99 Å². The molecule has 1 aliphatic rings. The van der Waals surface area contributed by atoms with Gasteiger partial charge in [0, 0.05) is 12.6 Å². The van der Waals surface area contributed by atoms with Crippen LogP contribution in [0.1, 0.15) is 33.1 Å². The predicted octanol–water partition coefficient (Wildman–Crippen LogP) is 1.03. The average Bonchev–Trinajstić information content (AvgIpc) is 2.20. The van der Waals surface area contributed by atoms with Crippen LogP contribution < -0.4 is 11.1 Å². The lowest BCUT2D eigenvalue weighted by molar-refractivity contribution is 0.214. The number of hydrogen-bond donors (Lipinski definition) is 2. The summed E-state index contributed by atoms with van der Waals surface area (Å²) in [6.07, 6.45) is 3.79. The molecule has 0 radical (unpaired) electrons. The third-order valence-corrected chi connectivity index (χ3v) is 3.09. The van der Waals surface area contributed by atoms with Crippen LogP contribution in [-0.4, -0.2) is 43.6 Å². The van der Waals surface area contributed by atoms with Crippen molar-refractivity contribution in [2.75, 3.05) is 26.7 Å². The lowest BCUT2D eigenvalue weighted by Gasteiger charge is -2.28. The Balaban J connectivity index is 2.15. The molecule has 94 valence electrons. The number of hydrogen-bond acceptors (Lipinski definition) is 2. The van der Waals surface area contributed by atoms with Crippen LogP contribution in [0.3, 0.4) is 0 Å². The summed E-state index contributed by atoms with van der Waals surface area (Å²) in [4.78, 5) is 6.74. The summed E-state index contributed by atoms with van der Waals surface area (Å²) in [6.45, 7) is 7.46. The minimum Gasteiger partial charge on any atom is -0.370 e. The summed E-state index contributed by atoms with van der Waals surface area (Å²) in [6, 6.07) is 0.368. The first-order valence-electron chi connectivity index (χ1n) is 6.33. The molecule has 0 aromatic carbocycles. The maximum atomic E-state index is 5.74.